The summed E-state index contributed by atoms with van der Waals surface area (Å²) in [6.45, 7) is 11.6. The summed E-state index contributed by atoms with van der Waals surface area (Å²) in [6, 6.07) is 0.814. The number of piperidine rings is 2. The maximum atomic E-state index is 12.4. The van der Waals surface area contributed by atoms with E-state index in [-0.39, 0.29) is 40.6 Å². The Morgan fingerprint density at radius 1 is 0.921 bits per heavy atom. The Bertz CT molecular complexity index is 858. The third-order valence-corrected chi connectivity index (χ3v) is 13.4. The van der Waals surface area contributed by atoms with Crippen LogP contribution in [0.15, 0.2) is 0 Å². The Labute approximate surface area is 242 Å². The average molecular weight is 596 g/mol. The van der Waals surface area contributed by atoms with Gasteiger partial charge in [-0.2, -0.15) is 0 Å². The van der Waals surface area contributed by atoms with Gasteiger partial charge in [-0.15, -0.1) is 0 Å². The largest absolute Gasteiger partial charge is 1.00 e. The van der Waals surface area contributed by atoms with Gasteiger partial charge < -0.3 is 31.3 Å². The first-order chi connectivity index (χ1) is 17.7. The van der Waals surface area contributed by atoms with Crippen molar-refractivity contribution in [2.75, 3.05) is 33.2 Å². The highest BCUT2D eigenvalue weighted by Gasteiger charge is 2.67. The minimum Gasteiger partial charge on any atom is -1.00 e. The number of rotatable bonds is 3. The zero-order chi connectivity index (χ0) is 26.0. The molecule has 0 radical (unpaired) electrons. The molecule has 0 aromatic rings. The minimum absolute atomic E-state index is 0. The van der Waals surface area contributed by atoms with E-state index in [1.165, 1.54) is 103 Å². The SMILES string of the molecule is CC(=O)O[C@H]1C([N+]2(C)CCCCC2)CC2C3CC[C@H]4C[C@H](O)C(N5CCCCC5)C[C@]4(C)C3CC[C@@]21C.[Br-]. The van der Waals surface area contributed by atoms with Gasteiger partial charge in [0, 0.05) is 24.8 Å². The third-order valence-electron chi connectivity index (χ3n) is 13.4. The standard InChI is InChI=1S/C32H55N2O3.BrH/c1-22(35)37-30-28(34(4)17-9-6-10-18-34)20-26-24-12-11-23-19-29(36)27(33-15-7-5-8-16-33)21-32(23,3)25(24)13-14-31(26,30)2;/h23-30,36H,5-21H2,1-4H3;1H/q+1;/p-1/t23-,24?,25?,26?,27?,28?,29-,30-,31-,32-;/m0./s1. The quantitative estimate of drug-likeness (QED) is 0.403. The number of aliphatic hydroxyl groups excluding tert-OH is 1. The zero-order valence-electron chi connectivity index (χ0n) is 24.7. The van der Waals surface area contributed by atoms with Crippen molar-refractivity contribution >= 4 is 5.97 Å². The second-order valence-electron chi connectivity index (χ2n) is 15.2. The van der Waals surface area contributed by atoms with Gasteiger partial charge in [-0.3, -0.25) is 9.69 Å². The van der Waals surface area contributed by atoms with Gasteiger partial charge in [-0.05, 0) is 113 Å². The number of likely N-dealkylation sites (tertiary alicyclic amines) is 2. The van der Waals surface area contributed by atoms with Crippen LogP contribution in [0.5, 0.6) is 0 Å². The van der Waals surface area contributed by atoms with Crippen molar-refractivity contribution < 1.29 is 36.1 Å². The Balaban J connectivity index is 0.00000294. The third kappa shape index (κ3) is 4.73. The molecule has 218 valence electrons. The molecule has 6 aliphatic rings. The van der Waals surface area contributed by atoms with Crippen LogP contribution in [0, 0.1) is 34.5 Å². The Kier molecular flexibility index (Phi) is 8.42. The summed E-state index contributed by atoms with van der Waals surface area (Å²) < 4.78 is 7.46. The smallest absolute Gasteiger partial charge is 0.303 e. The Hall–Kier alpha value is -0.170. The lowest BCUT2D eigenvalue weighted by atomic mass is 9.44. The van der Waals surface area contributed by atoms with E-state index in [9.17, 15) is 9.90 Å². The first kappa shape index (κ1) is 29.3. The topological polar surface area (TPSA) is 49.8 Å². The van der Waals surface area contributed by atoms with E-state index in [4.69, 9.17) is 4.74 Å². The molecule has 0 amide bonds. The second kappa shape index (κ2) is 10.9. The molecule has 0 spiro atoms. The second-order valence-corrected chi connectivity index (χ2v) is 15.2. The zero-order valence-corrected chi connectivity index (χ0v) is 26.3. The number of esters is 1. The van der Waals surface area contributed by atoms with Gasteiger partial charge in [0.2, 0.25) is 0 Å². The normalized spacial score (nSPS) is 48.7. The van der Waals surface area contributed by atoms with E-state index in [0.717, 1.165) is 22.7 Å². The summed E-state index contributed by atoms with van der Waals surface area (Å²) in [6.07, 6.45) is 16.4. The molecule has 6 heteroatoms. The van der Waals surface area contributed by atoms with Crippen LogP contribution in [0.4, 0.5) is 0 Å². The van der Waals surface area contributed by atoms with Crippen molar-refractivity contribution in [3.8, 4) is 0 Å². The number of carbonyl (C=O) groups is 1. The summed E-state index contributed by atoms with van der Waals surface area (Å²) in [4.78, 5) is 15.1. The monoisotopic (exact) mass is 594 g/mol. The van der Waals surface area contributed by atoms with E-state index in [1.807, 2.05) is 0 Å². The van der Waals surface area contributed by atoms with Crippen LogP contribution in [-0.2, 0) is 9.53 Å². The molecule has 10 atom stereocenters. The van der Waals surface area contributed by atoms with E-state index < -0.39 is 0 Å². The van der Waals surface area contributed by atoms with Crippen LogP contribution >= 0.6 is 0 Å². The fourth-order valence-electron chi connectivity index (χ4n) is 11.4. The summed E-state index contributed by atoms with van der Waals surface area (Å²) in [5.74, 6) is 2.76. The fraction of sp³-hybridized carbons (Fsp3) is 0.969. The maximum Gasteiger partial charge on any atom is 0.303 e. The molecule has 2 saturated heterocycles. The molecule has 1 N–H and O–H groups in total. The van der Waals surface area contributed by atoms with E-state index in [2.05, 4.69) is 25.8 Å². The number of carbonyl (C=O) groups excluding carboxylic acids is 1. The molecule has 38 heavy (non-hydrogen) atoms. The lowest BCUT2D eigenvalue weighted by molar-refractivity contribution is -0.940. The van der Waals surface area contributed by atoms with Crippen molar-refractivity contribution in [2.45, 2.75) is 129 Å². The van der Waals surface area contributed by atoms with Crippen molar-refractivity contribution in [1.29, 1.82) is 0 Å². The average Bonchev–Trinajstić information content (AvgIpc) is 3.17. The van der Waals surface area contributed by atoms with Gasteiger partial charge in [0.1, 0.15) is 6.04 Å². The number of ether oxygens (including phenoxy) is 1. The lowest BCUT2D eigenvalue weighted by Crippen LogP contribution is -3.00. The van der Waals surface area contributed by atoms with Crippen LogP contribution in [0.25, 0.3) is 0 Å². The summed E-state index contributed by atoms with van der Waals surface area (Å²) in [7, 11) is 2.47. The van der Waals surface area contributed by atoms with Gasteiger partial charge in [-0.1, -0.05) is 20.3 Å². The summed E-state index contributed by atoms with van der Waals surface area (Å²) in [5.41, 5.74) is 0.448. The van der Waals surface area contributed by atoms with Gasteiger partial charge in [-0.25, -0.2) is 0 Å². The molecular weight excluding hydrogens is 540 g/mol. The van der Waals surface area contributed by atoms with E-state index in [1.54, 1.807) is 6.92 Å². The minimum atomic E-state index is -0.144. The summed E-state index contributed by atoms with van der Waals surface area (Å²) in [5, 5.41) is 11.3. The number of hydrogen-bond donors (Lipinski definition) is 1. The molecule has 2 heterocycles. The number of fused-ring (bicyclic) bond motifs is 5. The van der Waals surface area contributed by atoms with Crippen molar-refractivity contribution in [3.05, 3.63) is 0 Å². The lowest BCUT2D eigenvalue weighted by Gasteiger charge is -2.62. The molecule has 0 aromatic carbocycles. The first-order valence-corrected chi connectivity index (χ1v) is 16.1. The van der Waals surface area contributed by atoms with Gasteiger partial charge in [0.25, 0.3) is 0 Å². The predicted molar refractivity (Wildman–Crippen MR) is 147 cm³/mol. The van der Waals surface area contributed by atoms with Gasteiger partial charge >= 0.3 is 5.97 Å². The van der Waals surface area contributed by atoms with E-state index >= 15 is 0 Å². The Morgan fingerprint density at radius 3 is 2.29 bits per heavy atom. The molecule has 4 saturated carbocycles. The number of aliphatic hydroxyl groups is 1. The predicted octanol–water partition coefficient (Wildman–Crippen LogP) is 2.40. The molecule has 0 aromatic heterocycles. The van der Waals surface area contributed by atoms with Crippen molar-refractivity contribution in [2.24, 2.45) is 34.5 Å². The molecular formula is C32H55BrN2O3. The molecule has 6 fully saturated rings. The number of nitrogens with zero attached hydrogens (tertiary/aromatic N) is 2. The number of halogens is 1. The van der Waals surface area contributed by atoms with E-state index in [0.29, 0.717) is 29.3 Å². The molecule has 6 rings (SSSR count). The molecule has 5 unspecified atom stereocenters. The van der Waals surface area contributed by atoms with Crippen molar-refractivity contribution in [3.63, 3.8) is 0 Å². The molecule has 2 aliphatic heterocycles. The highest BCUT2D eigenvalue weighted by atomic mass is 79.9. The van der Waals surface area contributed by atoms with Gasteiger partial charge in [0.05, 0.1) is 26.2 Å². The molecule has 0 bridgehead atoms. The number of likely N-dealkylation sites (N-methyl/N-ethyl adjacent to an activating group) is 1. The number of hydrogen-bond acceptors (Lipinski definition) is 4. The van der Waals surface area contributed by atoms with Crippen LogP contribution in [0.1, 0.15) is 104 Å². The molecule has 5 nitrogen and oxygen atoms in total. The van der Waals surface area contributed by atoms with Gasteiger partial charge in [0.15, 0.2) is 6.10 Å². The number of quaternary nitrogens is 1. The maximum absolute atomic E-state index is 12.4. The fourth-order valence-corrected chi connectivity index (χ4v) is 11.4. The van der Waals surface area contributed by atoms with Crippen molar-refractivity contribution in [1.82, 2.24) is 4.90 Å². The molecule has 4 aliphatic carbocycles. The Morgan fingerprint density at radius 2 is 1.61 bits per heavy atom. The van der Waals surface area contributed by atoms with Crippen LogP contribution in [0.2, 0.25) is 0 Å². The first-order valence-electron chi connectivity index (χ1n) is 16.1. The van der Waals surface area contributed by atoms with Crippen LogP contribution < -0.4 is 17.0 Å². The highest BCUT2D eigenvalue weighted by molar-refractivity contribution is 5.66. The highest BCUT2D eigenvalue weighted by Crippen LogP contribution is 2.67. The van der Waals surface area contributed by atoms with Crippen LogP contribution in [0.3, 0.4) is 0 Å². The van der Waals surface area contributed by atoms with Crippen LogP contribution in [-0.4, -0.2) is 78.0 Å². The summed E-state index contributed by atoms with van der Waals surface area (Å²) >= 11 is 0.